The Morgan fingerprint density at radius 2 is 2.17 bits per heavy atom. The molecule has 1 saturated carbocycles. The van der Waals surface area contributed by atoms with Crippen LogP contribution >= 0.6 is 11.6 Å². The quantitative estimate of drug-likeness (QED) is 0.793. The molecule has 0 atom stereocenters. The van der Waals surface area contributed by atoms with Gasteiger partial charge in [-0.3, -0.25) is 14.4 Å². The molecule has 2 N–H and O–H groups in total. The maximum absolute atomic E-state index is 10.8. The fourth-order valence-corrected chi connectivity index (χ4v) is 2.94. The summed E-state index contributed by atoms with van der Waals surface area (Å²) >= 11 is 6.25. The van der Waals surface area contributed by atoms with Crippen molar-refractivity contribution >= 4 is 17.5 Å². The first-order valence-corrected chi connectivity index (χ1v) is 8.30. The van der Waals surface area contributed by atoms with Crippen LogP contribution in [0.15, 0.2) is 30.6 Å². The van der Waals surface area contributed by atoms with Gasteiger partial charge in [-0.15, -0.1) is 0 Å². The normalized spacial score (nSPS) is 14.1. The standard InChI is InChI=1S/C17H21ClN4O2/c1-21-8-13(7-20-21)10-22(14-3-4-14)9-12-2-5-16(15(18)6-12)24-11-17(19)23/h2,5-8,14H,3-4,9-11H2,1H3,(H2,19,23). The van der Waals surface area contributed by atoms with Crippen LogP contribution < -0.4 is 10.5 Å². The summed E-state index contributed by atoms with van der Waals surface area (Å²) in [7, 11) is 1.93. The number of hydrogen-bond acceptors (Lipinski definition) is 4. The largest absolute Gasteiger partial charge is 0.482 e. The van der Waals surface area contributed by atoms with Gasteiger partial charge in [-0.2, -0.15) is 5.10 Å². The highest BCUT2D eigenvalue weighted by Gasteiger charge is 2.29. The highest BCUT2D eigenvalue weighted by Crippen LogP contribution is 2.31. The second-order valence-electron chi connectivity index (χ2n) is 6.18. The van der Waals surface area contributed by atoms with Crippen LogP contribution in [0.25, 0.3) is 0 Å². The van der Waals surface area contributed by atoms with Crippen molar-refractivity contribution in [2.45, 2.75) is 32.0 Å². The lowest BCUT2D eigenvalue weighted by atomic mass is 10.2. The van der Waals surface area contributed by atoms with E-state index in [1.54, 1.807) is 6.07 Å². The predicted molar refractivity (Wildman–Crippen MR) is 91.6 cm³/mol. The fraction of sp³-hybridized carbons (Fsp3) is 0.412. The summed E-state index contributed by atoms with van der Waals surface area (Å²) in [6.07, 6.45) is 6.41. The lowest BCUT2D eigenvalue weighted by molar-refractivity contribution is -0.119. The van der Waals surface area contributed by atoms with E-state index in [0.29, 0.717) is 16.8 Å². The van der Waals surface area contributed by atoms with E-state index in [0.717, 1.165) is 18.7 Å². The molecule has 0 radical (unpaired) electrons. The number of primary amides is 1. The van der Waals surface area contributed by atoms with Crippen LogP contribution in [0.5, 0.6) is 5.75 Å². The van der Waals surface area contributed by atoms with Gasteiger partial charge in [0.25, 0.3) is 5.91 Å². The first-order valence-electron chi connectivity index (χ1n) is 7.92. The van der Waals surface area contributed by atoms with Crippen LogP contribution in [0.1, 0.15) is 24.0 Å². The molecule has 0 bridgehead atoms. The number of aryl methyl sites for hydroxylation is 1. The maximum Gasteiger partial charge on any atom is 0.255 e. The van der Waals surface area contributed by atoms with Crippen LogP contribution in [0.2, 0.25) is 5.02 Å². The number of amides is 1. The molecule has 0 saturated heterocycles. The SMILES string of the molecule is Cn1cc(CN(Cc2ccc(OCC(N)=O)c(Cl)c2)C2CC2)cn1. The first kappa shape index (κ1) is 16.8. The molecule has 0 unspecified atom stereocenters. The van der Waals surface area contributed by atoms with Crippen molar-refractivity contribution in [2.75, 3.05) is 6.61 Å². The van der Waals surface area contributed by atoms with Crippen molar-refractivity contribution in [2.24, 2.45) is 12.8 Å². The Kier molecular flexibility index (Phi) is 5.06. The summed E-state index contributed by atoms with van der Waals surface area (Å²) in [5.74, 6) is -0.0454. The smallest absolute Gasteiger partial charge is 0.255 e. The third-order valence-corrected chi connectivity index (χ3v) is 4.25. The molecule has 1 amide bonds. The Labute approximate surface area is 146 Å². The summed E-state index contributed by atoms with van der Waals surface area (Å²) in [4.78, 5) is 13.2. The zero-order valence-corrected chi connectivity index (χ0v) is 14.4. The van der Waals surface area contributed by atoms with Crippen LogP contribution in [0.3, 0.4) is 0 Å². The fourth-order valence-electron chi connectivity index (χ4n) is 2.68. The van der Waals surface area contributed by atoms with Crippen LogP contribution in [0, 0.1) is 0 Å². The monoisotopic (exact) mass is 348 g/mol. The van der Waals surface area contributed by atoms with Gasteiger partial charge >= 0.3 is 0 Å². The molecule has 1 aromatic heterocycles. The molecule has 6 nitrogen and oxygen atoms in total. The van der Waals surface area contributed by atoms with Gasteiger partial charge in [0.15, 0.2) is 6.61 Å². The summed E-state index contributed by atoms with van der Waals surface area (Å²) in [5.41, 5.74) is 7.40. The van der Waals surface area contributed by atoms with Gasteiger partial charge in [0.2, 0.25) is 0 Å². The van der Waals surface area contributed by atoms with E-state index >= 15 is 0 Å². The Hall–Kier alpha value is -2.05. The van der Waals surface area contributed by atoms with Gasteiger partial charge in [-0.25, -0.2) is 0 Å². The summed E-state index contributed by atoms with van der Waals surface area (Å²) in [5, 5.41) is 4.72. The third-order valence-electron chi connectivity index (χ3n) is 3.96. The summed E-state index contributed by atoms with van der Waals surface area (Å²) < 4.78 is 7.11. The molecule has 1 heterocycles. The molecule has 3 rings (SSSR count). The van der Waals surface area contributed by atoms with Gasteiger partial charge in [0.1, 0.15) is 5.75 Å². The molecule has 1 aliphatic rings. The minimum Gasteiger partial charge on any atom is -0.482 e. The number of nitrogens with two attached hydrogens (primary N) is 1. The molecule has 1 aliphatic carbocycles. The van der Waals surface area contributed by atoms with Gasteiger partial charge in [-0.05, 0) is 30.5 Å². The number of aromatic nitrogens is 2. The van der Waals surface area contributed by atoms with E-state index in [1.807, 2.05) is 36.3 Å². The molecular weight excluding hydrogens is 328 g/mol. The third kappa shape index (κ3) is 4.49. The average molecular weight is 349 g/mol. The van der Waals surface area contributed by atoms with E-state index in [-0.39, 0.29) is 6.61 Å². The second kappa shape index (κ2) is 7.23. The number of rotatable bonds is 8. The zero-order valence-electron chi connectivity index (χ0n) is 13.6. The number of carbonyl (C=O) groups is 1. The molecule has 2 aromatic rings. The van der Waals surface area contributed by atoms with E-state index in [2.05, 4.69) is 10.00 Å². The summed E-state index contributed by atoms with van der Waals surface area (Å²) in [6.45, 7) is 1.51. The van der Waals surface area contributed by atoms with Crippen molar-refractivity contribution in [3.05, 3.63) is 46.7 Å². The van der Waals surface area contributed by atoms with Crippen LogP contribution in [-0.2, 0) is 24.9 Å². The lowest BCUT2D eigenvalue weighted by Crippen LogP contribution is -2.25. The topological polar surface area (TPSA) is 73.4 Å². The van der Waals surface area contributed by atoms with Crippen LogP contribution in [-0.4, -0.2) is 33.2 Å². The van der Waals surface area contributed by atoms with Crippen molar-refractivity contribution in [3.63, 3.8) is 0 Å². The highest BCUT2D eigenvalue weighted by atomic mass is 35.5. The van der Waals surface area contributed by atoms with E-state index in [9.17, 15) is 4.79 Å². The van der Waals surface area contributed by atoms with Crippen LogP contribution in [0.4, 0.5) is 0 Å². The van der Waals surface area contributed by atoms with Gasteiger partial charge < -0.3 is 10.5 Å². The van der Waals surface area contributed by atoms with E-state index in [1.165, 1.54) is 18.4 Å². The van der Waals surface area contributed by atoms with E-state index < -0.39 is 5.91 Å². The van der Waals surface area contributed by atoms with Crippen molar-refractivity contribution in [3.8, 4) is 5.75 Å². The van der Waals surface area contributed by atoms with Gasteiger partial charge in [-0.1, -0.05) is 17.7 Å². The van der Waals surface area contributed by atoms with Gasteiger partial charge in [0, 0.05) is 37.9 Å². The second-order valence-corrected chi connectivity index (χ2v) is 6.59. The van der Waals surface area contributed by atoms with Crippen molar-refractivity contribution in [1.82, 2.24) is 14.7 Å². The number of benzene rings is 1. The number of carbonyl (C=O) groups excluding carboxylic acids is 1. The first-order chi connectivity index (χ1) is 11.5. The predicted octanol–water partition coefficient (Wildman–Crippen LogP) is 2.10. The number of ether oxygens (including phenoxy) is 1. The number of halogens is 1. The zero-order chi connectivity index (χ0) is 17.1. The van der Waals surface area contributed by atoms with E-state index in [4.69, 9.17) is 22.1 Å². The minimum atomic E-state index is -0.522. The Bertz CT molecular complexity index is 727. The molecule has 1 fully saturated rings. The lowest BCUT2D eigenvalue weighted by Gasteiger charge is -2.21. The molecule has 24 heavy (non-hydrogen) atoms. The maximum atomic E-state index is 10.8. The molecule has 7 heteroatoms. The Balaban J connectivity index is 1.66. The summed E-state index contributed by atoms with van der Waals surface area (Å²) in [6, 6.07) is 6.27. The van der Waals surface area contributed by atoms with Crippen molar-refractivity contribution < 1.29 is 9.53 Å². The highest BCUT2D eigenvalue weighted by molar-refractivity contribution is 6.32. The minimum absolute atomic E-state index is 0.172. The van der Waals surface area contributed by atoms with Gasteiger partial charge in [0.05, 0.1) is 11.2 Å². The molecule has 1 aromatic carbocycles. The Morgan fingerprint density at radius 3 is 2.75 bits per heavy atom. The molecule has 0 spiro atoms. The number of hydrogen-bond donors (Lipinski definition) is 1. The molecule has 128 valence electrons. The molecular formula is C17H21ClN4O2. The van der Waals surface area contributed by atoms with Crippen molar-refractivity contribution in [1.29, 1.82) is 0 Å². The molecule has 0 aliphatic heterocycles. The average Bonchev–Trinajstić information content (AvgIpc) is 3.29. The Morgan fingerprint density at radius 1 is 1.42 bits per heavy atom. The number of nitrogens with zero attached hydrogens (tertiary/aromatic N) is 3.